The lowest BCUT2D eigenvalue weighted by Gasteiger charge is -2.60. The van der Waals surface area contributed by atoms with Crippen LogP contribution in [0.1, 0.15) is 91.9 Å². The highest BCUT2D eigenvalue weighted by molar-refractivity contribution is 5.89. The molecule has 4 nitrogen and oxygen atoms in total. The van der Waals surface area contributed by atoms with Crippen LogP contribution in [0.3, 0.4) is 0 Å². The molecule has 0 aromatic carbocycles. The molecule has 0 amide bonds. The van der Waals surface area contributed by atoms with Gasteiger partial charge in [-0.15, -0.1) is 0 Å². The maximum Gasteiger partial charge on any atom is 0.165 e. The quantitative estimate of drug-likeness (QED) is 0.383. The minimum absolute atomic E-state index is 0.000407. The molecule has 4 heteroatoms. The van der Waals surface area contributed by atoms with E-state index in [2.05, 4.69) is 26.8 Å². The van der Waals surface area contributed by atoms with Crippen molar-refractivity contribution in [3.8, 4) is 0 Å². The van der Waals surface area contributed by atoms with Gasteiger partial charge in [-0.2, -0.15) is 0 Å². The predicted octanol–water partition coefficient (Wildman–Crippen LogP) is 4.96. The number of allylic oxidation sites excluding steroid dienone is 2. The SMILES string of the molecule is CCCCCCCC(=O)[C@@]1(O)[C@H](C)CC2C3CCC4=CC(O)C=C[C@]4(C)C3C(O)C[C@@]21C. The van der Waals surface area contributed by atoms with E-state index in [-0.39, 0.29) is 34.9 Å². The van der Waals surface area contributed by atoms with Gasteiger partial charge in [-0.3, -0.25) is 4.79 Å². The smallest absolute Gasteiger partial charge is 0.165 e. The second kappa shape index (κ2) is 8.67. The average molecular weight is 445 g/mol. The Hall–Kier alpha value is -0.970. The van der Waals surface area contributed by atoms with Crippen molar-refractivity contribution in [1.29, 1.82) is 0 Å². The Bertz CT molecular complexity index is 786. The van der Waals surface area contributed by atoms with Crippen LogP contribution in [0.25, 0.3) is 0 Å². The first-order chi connectivity index (χ1) is 15.1. The second-order valence-electron chi connectivity index (χ2n) is 11.8. The summed E-state index contributed by atoms with van der Waals surface area (Å²) in [5.41, 5.74) is -0.941. The number of hydrogen-bond acceptors (Lipinski definition) is 4. The molecule has 0 spiro atoms. The molecule has 3 N–H and O–H groups in total. The summed E-state index contributed by atoms with van der Waals surface area (Å²) >= 11 is 0. The number of carbonyl (C=O) groups excluding carboxylic acids is 1. The minimum atomic E-state index is -1.34. The van der Waals surface area contributed by atoms with E-state index in [0.717, 1.165) is 38.5 Å². The van der Waals surface area contributed by atoms with E-state index >= 15 is 0 Å². The Morgan fingerprint density at radius 3 is 2.59 bits per heavy atom. The lowest BCUT2D eigenvalue weighted by molar-refractivity contribution is -0.182. The molecule has 180 valence electrons. The van der Waals surface area contributed by atoms with Gasteiger partial charge in [0.25, 0.3) is 0 Å². The summed E-state index contributed by atoms with van der Waals surface area (Å²) in [6.45, 7) is 8.53. The van der Waals surface area contributed by atoms with Gasteiger partial charge in [-0.1, -0.05) is 77.2 Å². The summed E-state index contributed by atoms with van der Waals surface area (Å²) in [4.78, 5) is 13.5. The third kappa shape index (κ3) is 3.47. The van der Waals surface area contributed by atoms with E-state index in [9.17, 15) is 20.1 Å². The number of hydrogen-bond donors (Lipinski definition) is 3. The number of aliphatic hydroxyl groups excluding tert-OH is 2. The molecule has 4 rings (SSSR count). The maximum absolute atomic E-state index is 13.5. The first kappa shape index (κ1) is 24.2. The summed E-state index contributed by atoms with van der Waals surface area (Å²) in [5, 5.41) is 33.6. The van der Waals surface area contributed by atoms with Crippen molar-refractivity contribution in [2.24, 2.45) is 34.5 Å². The highest BCUT2D eigenvalue weighted by atomic mass is 16.3. The van der Waals surface area contributed by atoms with Gasteiger partial charge < -0.3 is 15.3 Å². The Morgan fingerprint density at radius 2 is 1.88 bits per heavy atom. The van der Waals surface area contributed by atoms with Crippen LogP contribution < -0.4 is 0 Å². The molecule has 5 unspecified atom stereocenters. The topological polar surface area (TPSA) is 77.8 Å². The van der Waals surface area contributed by atoms with Gasteiger partial charge in [0.15, 0.2) is 5.78 Å². The maximum atomic E-state index is 13.5. The van der Waals surface area contributed by atoms with E-state index < -0.39 is 23.2 Å². The number of unbranched alkanes of at least 4 members (excludes halogenated alkanes) is 4. The summed E-state index contributed by atoms with van der Waals surface area (Å²) < 4.78 is 0. The molecule has 0 aromatic heterocycles. The molecule has 0 aromatic rings. The van der Waals surface area contributed by atoms with Crippen LogP contribution in [0.15, 0.2) is 23.8 Å². The first-order valence-corrected chi connectivity index (χ1v) is 13.1. The van der Waals surface area contributed by atoms with Gasteiger partial charge in [-0.05, 0) is 49.9 Å². The van der Waals surface area contributed by atoms with Crippen molar-refractivity contribution in [1.82, 2.24) is 0 Å². The molecule has 0 bridgehead atoms. The van der Waals surface area contributed by atoms with E-state index in [1.165, 1.54) is 18.4 Å². The van der Waals surface area contributed by atoms with Gasteiger partial charge in [0.2, 0.25) is 0 Å². The van der Waals surface area contributed by atoms with Crippen molar-refractivity contribution in [3.05, 3.63) is 23.8 Å². The number of aliphatic hydroxyl groups is 3. The van der Waals surface area contributed by atoms with Crippen LogP contribution in [-0.2, 0) is 4.79 Å². The molecule has 0 radical (unpaired) electrons. The Balaban J connectivity index is 1.58. The van der Waals surface area contributed by atoms with Crippen LogP contribution >= 0.6 is 0 Å². The zero-order chi connectivity index (χ0) is 23.3. The van der Waals surface area contributed by atoms with Crippen LogP contribution in [0.4, 0.5) is 0 Å². The number of carbonyl (C=O) groups is 1. The Labute approximate surface area is 194 Å². The summed E-state index contributed by atoms with van der Waals surface area (Å²) in [6.07, 6.45) is 13.9. The molecule has 3 saturated carbocycles. The van der Waals surface area contributed by atoms with Gasteiger partial charge in [-0.25, -0.2) is 0 Å². The molecule has 4 aliphatic carbocycles. The third-order valence-electron chi connectivity index (χ3n) is 10.1. The fourth-order valence-corrected chi connectivity index (χ4v) is 8.45. The van der Waals surface area contributed by atoms with Crippen LogP contribution in [0.2, 0.25) is 0 Å². The van der Waals surface area contributed by atoms with Gasteiger partial charge >= 0.3 is 0 Å². The largest absolute Gasteiger partial charge is 0.393 e. The fourth-order valence-electron chi connectivity index (χ4n) is 8.45. The molecule has 9 atom stereocenters. The fraction of sp³-hybridized carbons (Fsp3) is 0.821. The summed E-state index contributed by atoms with van der Waals surface area (Å²) in [6, 6.07) is 0. The number of ketones is 1. The monoisotopic (exact) mass is 444 g/mol. The van der Waals surface area contributed by atoms with Gasteiger partial charge in [0, 0.05) is 23.2 Å². The molecular weight excluding hydrogens is 400 g/mol. The lowest BCUT2D eigenvalue weighted by atomic mass is 9.46. The molecule has 0 aliphatic heterocycles. The molecular formula is C28H44O4. The van der Waals surface area contributed by atoms with Gasteiger partial charge in [0.1, 0.15) is 5.60 Å². The van der Waals surface area contributed by atoms with Crippen molar-refractivity contribution in [2.75, 3.05) is 0 Å². The van der Waals surface area contributed by atoms with Crippen LogP contribution in [0, 0.1) is 34.5 Å². The van der Waals surface area contributed by atoms with E-state index in [4.69, 9.17) is 0 Å². The van der Waals surface area contributed by atoms with Crippen molar-refractivity contribution in [3.63, 3.8) is 0 Å². The zero-order valence-electron chi connectivity index (χ0n) is 20.5. The highest BCUT2D eigenvalue weighted by Crippen LogP contribution is 2.68. The standard InChI is InChI=1S/C28H44O4/c1-5-6-7-8-9-10-24(31)28(32)18(2)15-22-21-12-11-19-16-20(29)13-14-26(19,3)25(21)23(30)17-27(22,28)4/h13-14,16,18,20-23,25,29-30,32H,5-12,15,17H2,1-4H3/t18-,20?,21?,22?,23?,25?,26+,27+,28+/m1/s1. The van der Waals surface area contributed by atoms with E-state index in [0.29, 0.717) is 12.8 Å². The second-order valence-corrected chi connectivity index (χ2v) is 11.8. The molecule has 32 heavy (non-hydrogen) atoms. The lowest BCUT2D eigenvalue weighted by Crippen LogP contribution is -2.62. The van der Waals surface area contributed by atoms with Crippen molar-refractivity contribution >= 4 is 5.78 Å². The zero-order valence-corrected chi connectivity index (χ0v) is 20.5. The van der Waals surface area contributed by atoms with Gasteiger partial charge in [0.05, 0.1) is 12.2 Å². The predicted molar refractivity (Wildman–Crippen MR) is 127 cm³/mol. The number of rotatable bonds is 7. The van der Waals surface area contributed by atoms with E-state index in [1.807, 2.05) is 19.1 Å². The summed E-state index contributed by atoms with van der Waals surface area (Å²) in [7, 11) is 0. The molecule has 4 aliphatic rings. The first-order valence-electron chi connectivity index (χ1n) is 13.1. The molecule has 3 fully saturated rings. The van der Waals surface area contributed by atoms with Crippen LogP contribution in [-0.4, -0.2) is 38.9 Å². The Kier molecular flexibility index (Phi) is 6.55. The van der Waals surface area contributed by atoms with Crippen molar-refractivity contribution < 1.29 is 20.1 Å². The number of fused-ring (bicyclic) bond motifs is 5. The van der Waals surface area contributed by atoms with E-state index in [1.54, 1.807) is 0 Å². The third-order valence-corrected chi connectivity index (χ3v) is 10.1. The average Bonchev–Trinajstić information content (AvgIpc) is 2.95. The molecule has 0 saturated heterocycles. The minimum Gasteiger partial charge on any atom is -0.393 e. The highest BCUT2D eigenvalue weighted by Gasteiger charge is 2.70. The van der Waals surface area contributed by atoms with Crippen molar-refractivity contribution in [2.45, 2.75) is 110 Å². The normalized spacial score (nSPS) is 47.4. The number of Topliss-reactive ketones (excluding diaryl/α,β-unsaturated/α-hetero) is 1. The van der Waals surface area contributed by atoms with Crippen LogP contribution in [0.5, 0.6) is 0 Å². The molecule has 0 heterocycles. The summed E-state index contributed by atoms with van der Waals surface area (Å²) in [5.74, 6) is 0.502. The Morgan fingerprint density at radius 1 is 1.16 bits per heavy atom.